The van der Waals surface area contributed by atoms with Crippen LogP contribution >= 0.6 is 0 Å². The van der Waals surface area contributed by atoms with E-state index >= 15 is 0 Å². The van der Waals surface area contributed by atoms with Crippen LogP contribution in [0, 0.1) is 16.7 Å². The fourth-order valence-electron chi connectivity index (χ4n) is 4.84. The van der Waals surface area contributed by atoms with E-state index in [0.29, 0.717) is 42.4 Å². The van der Waals surface area contributed by atoms with Crippen LogP contribution in [0.5, 0.6) is 0 Å². The molecule has 0 unspecified atom stereocenters. The summed E-state index contributed by atoms with van der Waals surface area (Å²) in [6, 6.07) is 13.3. The third-order valence-electron chi connectivity index (χ3n) is 6.88. The molecule has 1 fully saturated rings. The van der Waals surface area contributed by atoms with E-state index < -0.39 is 11.0 Å². The van der Waals surface area contributed by atoms with Gasteiger partial charge in [0.25, 0.3) is 5.91 Å². The van der Waals surface area contributed by atoms with Crippen LogP contribution < -0.4 is 5.32 Å². The molecular weight excluding hydrogens is 484 g/mol. The maximum atomic E-state index is 12.8. The number of methoxy groups -OCH3 is 1. The number of carbonyl (C=O) groups excluding carboxylic acids is 2. The highest BCUT2D eigenvalue weighted by Crippen LogP contribution is 2.34. The number of nitrogens with one attached hydrogen (secondary N) is 1. The summed E-state index contributed by atoms with van der Waals surface area (Å²) in [7, 11) is 1.38. The standard InChI is InChI=1S/C27H28N8O3/c1-26(2,25(37)38-3)15-33-12-9-21-22(29-18-30-23(21)33)32-20-13-31-35(14-20)27(10-11-28)16-34(17-27)24(36)19-7-5-4-6-8-19/h4-9,12-14,18H,10,15-17H2,1-3H3,(H,29,30,32). The van der Waals surface area contributed by atoms with Crippen LogP contribution in [-0.2, 0) is 21.6 Å². The minimum Gasteiger partial charge on any atom is -0.469 e. The Bertz CT molecular complexity index is 1530. The number of fused-ring (bicyclic) bond motifs is 1. The van der Waals surface area contributed by atoms with Gasteiger partial charge in [-0.25, -0.2) is 9.97 Å². The Balaban J connectivity index is 1.34. The van der Waals surface area contributed by atoms with Crippen molar-refractivity contribution in [3.8, 4) is 6.07 Å². The minimum atomic E-state index is -0.728. The Morgan fingerprint density at radius 1 is 1.18 bits per heavy atom. The number of anilines is 2. The second kappa shape index (κ2) is 9.63. The summed E-state index contributed by atoms with van der Waals surface area (Å²) < 4.78 is 8.59. The molecule has 0 bridgehead atoms. The first-order valence-electron chi connectivity index (χ1n) is 12.2. The third-order valence-corrected chi connectivity index (χ3v) is 6.88. The smallest absolute Gasteiger partial charge is 0.313 e. The number of carbonyl (C=O) groups is 2. The number of ether oxygens (including phenoxy) is 1. The molecule has 5 rings (SSSR count). The van der Waals surface area contributed by atoms with Gasteiger partial charge in [0.1, 0.15) is 23.3 Å². The summed E-state index contributed by atoms with van der Waals surface area (Å²) in [4.78, 5) is 35.5. The van der Waals surface area contributed by atoms with Gasteiger partial charge in [-0.05, 0) is 32.0 Å². The first kappa shape index (κ1) is 25.0. The zero-order valence-corrected chi connectivity index (χ0v) is 21.5. The van der Waals surface area contributed by atoms with E-state index in [0.717, 1.165) is 5.39 Å². The lowest BCUT2D eigenvalue weighted by molar-refractivity contribution is -0.151. The number of esters is 1. The minimum absolute atomic E-state index is 0.0621. The molecule has 1 N–H and O–H groups in total. The first-order valence-corrected chi connectivity index (χ1v) is 12.2. The van der Waals surface area contributed by atoms with Crippen LogP contribution in [0.15, 0.2) is 61.3 Å². The fourth-order valence-corrected chi connectivity index (χ4v) is 4.84. The topological polar surface area (TPSA) is 131 Å². The van der Waals surface area contributed by atoms with Crippen molar-refractivity contribution < 1.29 is 14.3 Å². The van der Waals surface area contributed by atoms with Crippen LogP contribution in [0.4, 0.5) is 11.5 Å². The van der Waals surface area contributed by atoms with Crippen LogP contribution in [0.1, 0.15) is 30.6 Å². The molecule has 11 nitrogen and oxygen atoms in total. The summed E-state index contributed by atoms with van der Waals surface area (Å²) in [6.07, 6.45) is 7.06. The summed E-state index contributed by atoms with van der Waals surface area (Å²) in [5, 5.41) is 18.1. The van der Waals surface area contributed by atoms with Crippen LogP contribution in [0.25, 0.3) is 11.0 Å². The number of amides is 1. The quantitative estimate of drug-likeness (QED) is 0.356. The van der Waals surface area contributed by atoms with Gasteiger partial charge in [0.05, 0.1) is 42.3 Å². The number of benzene rings is 1. The van der Waals surface area contributed by atoms with Crippen molar-refractivity contribution in [2.24, 2.45) is 5.41 Å². The second-order valence-electron chi connectivity index (χ2n) is 10.2. The molecule has 0 radical (unpaired) electrons. The molecular formula is C27H28N8O3. The highest BCUT2D eigenvalue weighted by atomic mass is 16.5. The average molecular weight is 513 g/mol. The van der Waals surface area contributed by atoms with Crippen molar-refractivity contribution in [1.82, 2.24) is 29.2 Å². The van der Waals surface area contributed by atoms with Gasteiger partial charge in [-0.2, -0.15) is 10.4 Å². The zero-order chi connectivity index (χ0) is 26.9. The average Bonchev–Trinajstić information content (AvgIpc) is 3.53. The van der Waals surface area contributed by atoms with Crippen molar-refractivity contribution >= 4 is 34.4 Å². The number of hydrogen-bond donors (Lipinski definition) is 1. The molecule has 0 saturated carbocycles. The van der Waals surface area contributed by atoms with Crippen LogP contribution in [0.2, 0.25) is 0 Å². The van der Waals surface area contributed by atoms with Gasteiger partial charge in [-0.15, -0.1) is 0 Å². The van der Waals surface area contributed by atoms with Crippen molar-refractivity contribution in [3.63, 3.8) is 0 Å². The highest BCUT2D eigenvalue weighted by Gasteiger charge is 2.47. The molecule has 0 spiro atoms. The molecule has 1 aliphatic rings. The van der Waals surface area contributed by atoms with Gasteiger partial charge < -0.3 is 19.5 Å². The van der Waals surface area contributed by atoms with Crippen molar-refractivity contribution in [2.45, 2.75) is 32.4 Å². The summed E-state index contributed by atoms with van der Waals surface area (Å²) in [5.41, 5.74) is 0.673. The normalized spacial score (nSPS) is 14.5. The molecule has 1 aliphatic heterocycles. The molecule has 4 aromatic rings. The SMILES string of the molecule is COC(=O)C(C)(C)Cn1ccc2c(Nc3cnn(C4(CC#N)CN(C(=O)c5ccccc5)C4)c3)ncnc21. The van der Waals surface area contributed by atoms with Gasteiger partial charge in [-0.3, -0.25) is 14.3 Å². The van der Waals surface area contributed by atoms with Gasteiger partial charge in [0, 0.05) is 37.6 Å². The molecule has 38 heavy (non-hydrogen) atoms. The predicted octanol–water partition coefficient (Wildman–Crippen LogP) is 3.34. The Kier molecular flexibility index (Phi) is 6.32. The Hall–Kier alpha value is -4.72. The fraction of sp³-hybridized carbons (Fsp3) is 0.333. The van der Waals surface area contributed by atoms with E-state index in [1.165, 1.54) is 13.4 Å². The molecule has 1 saturated heterocycles. The lowest BCUT2D eigenvalue weighted by Gasteiger charge is -2.49. The third kappa shape index (κ3) is 4.45. The number of aromatic nitrogens is 5. The largest absolute Gasteiger partial charge is 0.469 e. The van der Waals surface area contributed by atoms with Crippen molar-refractivity contribution in [3.05, 3.63) is 66.9 Å². The van der Waals surface area contributed by atoms with Gasteiger partial charge in [-0.1, -0.05) is 18.2 Å². The number of hydrogen-bond acceptors (Lipinski definition) is 8. The second-order valence-corrected chi connectivity index (χ2v) is 10.2. The molecule has 4 heterocycles. The monoisotopic (exact) mass is 512 g/mol. The molecule has 0 aliphatic carbocycles. The van der Waals surface area contributed by atoms with Gasteiger partial charge in [0.15, 0.2) is 0 Å². The molecule has 3 aromatic heterocycles. The van der Waals surface area contributed by atoms with E-state index in [9.17, 15) is 14.9 Å². The zero-order valence-electron chi connectivity index (χ0n) is 21.5. The van der Waals surface area contributed by atoms with Crippen LogP contribution in [0.3, 0.4) is 0 Å². The molecule has 0 atom stereocenters. The van der Waals surface area contributed by atoms with E-state index in [-0.39, 0.29) is 18.3 Å². The van der Waals surface area contributed by atoms with Gasteiger partial charge in [0.2, 0.25) is 0 Å². The number of rotatable bonds is 8. The number of likely N-dealkylation sites (tertiary alicyclic amines) is 1. The Morgan fingerprint density at radius 3 is 2.66 bits per heavy atom. The predicted molar refractivity (Wildman–Crippen MR) is 139 cm³/mol. The maximum absolute atomic E-state index is 12.8. The van der Waals surface area contributed by atoms with E-state index in [1.807, 2.05) is 55.1 Å². The highest BCUT2D eigenvalue weighted by molar-refractivity contribution is 5.95. The lowest BCUT2D eigenvalue weighted by Crippen LogP contribution is -2.64. The molecule has 1 aromatic carbocycles. The number of nitriles is 1. The van der Waals surface area contributed by atoms with Crippen molar-refractivity contribution in [2.75, 3.05) is 25.5 Å². The first-order chi connectivity index (χ1) is 18.3. The molecule has 1 amide bonds. The van der Waals surface area contributed by atoms with E-state index in [1.54, 1.807) is 27.9 Å². The molecule has 11 heteroatoms. The van der Waals surface area contributed by atoms with Gasteiger partial charge >= 0.3 is 5.97 Å². The lowest BCUT2D eigenvalue weighted by atomic mass is 9.86. The summed E-state index contributed by atoms with van der Waals surface area (Å²) >= 11 is 0. The summed E-state index contributed by atoms with van der Waals surface area (Å²) in [5.74, 6) is 0.228. The van der Waals surface area contributed by atoms with E-state index in [4.69, 9.17) is 4.74 Å². The Morgan fingerprint density at radius 2 is 1.95 bits per heavy atom. The number of nitrogens with zero attached hydrogens (tertiary/aromatic N) is 7. The summed E-state index contributed by atoms with van der Waals surface area (Å²) in [6.45, 7) is 4.83. The maximum Gasteiger partial charge on any atom is 0.313 e. The Labute approximate surface area is 219 Å². The molecule has 194 valence electrons. The van der Waals surface area contributed by atoms with E-state index in [2.05, 4.69) is 26.5 Å². The van der Waals surface area contributed by atoms with Crippen molar-refractivity contribution in [1.29, 1.82) is 5.26 Å². The van der Waals surface area contributed by atoms with Crippen LogP contribution in [-0.4, -0.2) is 61.3 Å².